The molecule has 0 fully saturated rings. The van der Waals surface area contributed by atoms with Crippen molar-refractivity contribution < 1.29 is 59.4 Å². The number of nitrogens with two attached hydrogens (primary N) is 1. The van der Waals surface area contributed by atoms with E-state index in [1.807, 2.05) is 0 Å². The molecule has 0 aromatic rings. The molecule has 0 aromatic heterocycles. The van der Waals surface area contributed by atoms with E-state index >= 15 is 0 Å². The molecule has 0 atom stereocenters. The molecule has 0 aliphatic rings. The minimum atomic E-state index is -0.935. The molecule has 190 valence electrons. The van der Waals surface area contributed by atoms with Crippen LogP contribution in [0.2, 0.25) is 0 Å². The second kappa shape index (κ2) is 24.5. The maximum atomic E-state index is 10.3. The van der Waals surface area contributed by atoms with Gasteiger partial charge in [-0.05, 0) is 27.7 Å². The Bertz CT molecular complexity index is 562. The number of carbonyl (C=O) groups is 5. The highest BCUT2D eigenvalue weighted by molar-refractivity contribution is 5.85. The lowest BCUT2D eigenvalue weighted by atomic mass is 10.2. The average molecular weight is 479 g/mol. The average Bonchev–Trinajstić information content (AvgIpc) is 2.70. The Hall–Kier alpha value is -3.81. The Labute approximate surface area is 191 Å². The number of hydrogen-bond acceptors (Lipinski definition) is 9. The van der Waals surface area contributed by atoms with Crippen LogP contribution in [-0.2, 0) is 28.8 Å². The van der Waals surface area contributed by atoms with Gasteiger partial charge in [-0.15, -0.1) is 0 Å². The molecule has 0 spiro atoms. The number of carboxylic acids is 4. The third kappa shape index (κ3) is 39.3. The van der Waals surface area contributed by atoms with Crippen molar-refractivity contribution in [3.05, 3.63) is 48.6 Å². The molecule has 13 nitrogen and oxygen atoms in total. The van der Waals surface area contributed by atoms with Gasteiger partial charge in [-0.2, -0.15) is 5.90 Å². The van der Waals surface area contributed by atoms with Gasteiger partial charge in [0.25, 0.3) is 0 Å². The fraction of sp³-hybridized carbons (Fsp3) is 0.350. The van der Waals surface area contributed by atoms with Gasteiger partial charge in [-0.1, -0.05) is 26.3 Å². The molecular weight excluding hydrogens is 446 g/mol. The molecule has 0 saturated carbocycles. The zero-order valence-corrected chi connectivity index (χ0v) is 19.0. The standard InChI is InChI=1S/C4H9NO4.4C4H6O2/c5-9-4(8)3(1-6)2-7;4*1-3(2)4(5)6/h3,6-7H,1-2,5H2;4*1H2,2H3,(H,5,6). The highest BCUT2D eigenvalue weighted by Gasteiger charge is 2.16. The van der Waals surface area contributed by atoms with Crippen LogP contribution in [0.1, 0.15) is 27.7 Å². The molecule has 0 heterocycles. The van der Waals surface area contributed by atoms with Crippen molar-refractivity contribution in [3.63, 3.8) is 0 Å². The van der Waals surface area contributed by atoms with Gasteiger partial charge in [0.1, 0.15) is 5.92 Å². The minimum Gasteiger partial charge on any atom is -0.478 e. The molecule has 0 aliphatic heterocycles. The fourth-order valence-electron chi connectivity index (χ4n) is 0.303. The van der Waals surface area contributed by atoms with Gasteiger partial charge < -0.3 is 35.5 Å². The summed E-state index contributed by atoms with van der Waals surface area (Å²) in [5.41, 5.74) is 0.704. The van der Waals surface area contributed by atoms with Crippen molar-refractivity contribution in [3.8, 4) is 0 Å². The van der Waals surface area contributed by atoms with Crippen LogP contribution in [0, 0.1) is 5.92 Å². The van der Waals surface area contributed by atoms with Crippen LogP contribution in [-0.4, -0.2) is 73.7 Å². The van der Waals surface area contributed by atoms with Gasteiger partial charge in [0.05, 0.1) is 13.2 Å². The normalized spacial score (nSPS) is 8.12. The van der Waals surface area contributed by atoms with Gasteiger partial charge in [0, 0.05) is 22.3 Å². The van der Waals surface area contributed by atoms with E-state index in [0.717, 1.165) is 0 Å². The lowest BCUT2D eigenvalue weighted by molar-refractivity contribution is -0.152. The molecule has 0 bridgehead atoms. The highest BCUT2D eigenvalue weighted by atomic mass is 16.7. The van der Waals surface area contributed by atoms with E-state index in [1.54, 1.807) is 0 Å². The van der Waals surface area contributed by atoms with Crippen LogP contribution in [0.15, 0.2) is 48.6 Å². The molecular formula is C20H33NO12. The van der Waals surface area contributed by atoms with Crippen LogP contribution >= 0.6 is 0 Å². The van der Waals surface area contributed by atoms with E-state index in [-0.39, 0.29) is 22.3 Å². The number of carboxylic acid groups (broad SMARTS) is 4. The lowest BCUT2D eigenvalue weighted by Gasteiger charge is -2.05. The first-order chi connectivity index (χ1) is 14.8. The maximum absolute atomic E-state index is 10.3. The van der Waals surface area contributed by atoms with Gasteiger partial charge in [-0.25, -0.2) is 24.0 Å². The summed E-state index contributed by atoms with van der Waals surface area (Å²) >= 11 is 0. The van der Waals surface area contributed by atoms with Crippen molar-refractivity contribution in [1.82, 2.24) is 0 Å². The van der Waals surface area contributed by atoms with Crippen molar-refractivity contribution in [2.24, 2.45) is 11.8 Å². The quantitative estimate of drug-likeness (QED) is 0.195. The van der Waals surface area contributed by atoms with Crippen molar-refractivity contribution >= 4 is 29.8 Å². The predicted octanol–water partition coefficient (Wildman–Crippen LogP) is 0.593. The van der Waals surface area contributed by atoms with E-state index in [4.69, 9.17) is 30.6 Å². The summed E-state index contributed by atoms with van der Waals surface area (Å²) in [5, 5.41) is 48.2. The predicted molar refractivity (Wildman–Crippen MR) is 118 cm³/mol. The van der Waals surface area contributed by atoms with Crippen LogP contribution in [0.4, 0.5) is 0 Å². The Balaban J connectivity index is -0.000000100. The number of rotatable bonds is 7. The van der Waals surface area contributed by atoms with Crippen molar-refractivity contribution in [1.29, 1.82) is 0 Å². The largest absolute Gasteiger partial charge is 0.478 e. The molecule has 0 amide bonds. The summed E-state index contributed by atoms with van der Waals surface area (Å²) in [7, 11) is 0. The van der Waals surface area contributed by atoms with Gasteiger partial charge in [0.15, 0.2) is 0 Å². The zero-order chi connectivity index (χ0) is 27.9. The number of aliphatic hydroxyl groups is 2. The zero-order valence-electron chi connectivity index (χ0n) is 19.0. The number of aliphatic hydroxyl groups excluding tert-OH is 2. The lowest BCUT2D eigenvalue weighted by Crippen LogP contribution is -2.26. The second-order valence-corrected chi connectivity index (χ2v) is 5.84. The SMILES string of the molecule is C=C(C)C(=O)O.C=C(C)C(=O)O.C=C(C)C(=O)O.C=C(C)C(=O)O.NOC(=O)C(CO)CO. The molecule has 8 N–H and O–H groups in total. The van der Waals surface area contributed by atoms with Crippen molar-refractivity contribution in [2.75, 3.05) is 13.2 Å². The summed E-state index contributed by atoms with van der Waals surface area (Å²) in [6, 6.07) is 0. The highest BCUT2D eigenvalue weighted by Crippen LogP contribution is 1.93. The topological polar surface area (TPSA) is 242 Å². The summed E-state index contributed by atoms with van der Waals surface area (Å²) in [4.78, 5) is 52.4. The molecule has 0 aromatic carbocycles. The summed E-state index contributed by atoms with van der Waals surface area (Å²) in [5.74, 6) is -1.00. The molecule has 0 rings (SSSR count). The monoisotopic (exact) mass is 479 g/mol. The minimum absolute atomic E-state index is 0.176. The smallest absolute Gasteiger partial charge is 0.332 e. The summed E-state index contributed by atoms with van der Waals surface area (Å²) in [6.45, 7) is 17.5. The van der Waals surface area contributed by atoms with E-state index in [2.05, 4.69) is 37.1 Å². The molecule has 0 radical (unpaired) electrons. The van der Waals surface area contributed by atoms with Crippen LogP contribution < -0.4 is 5.90 Å². The molecule has 0 saturated heterocycles. The van der Waals surface area contributed by atoms with E-state index < -0.39 is 49.0 Å². The number of hydrogen-bond donors (Lipinski definition) is 7. The van der Waals surface area contributed by atoms with E-state index in [0.29, 0.717) is 0 Å². The Morgan fingerprint density at radius 2 is 0.788 bits per heavy atom. The molecule has 0 unspecified atom stereocenters. The van der Waals surface area contributed by atoms with Gasteiger partial charge in [0.2, 0.25) is 0 Å². The maximum Gasteiger partial charge on any atom is 0.332 e. The summed E-state index contributed by atoms with van der Waals surface area (Å²) < 4.78 is 0. The van der Waals surface area contributed by atoms with E-state index in [9.17, 15) is 24.0 Å². The third-order valence-corrected chi connectivity index (χ3v) is 2.35. The van der Waals surface area contributed by atoms with E-state index in [1.165, 1.54) is 27.7 Å². The second-order valence-electron chi connectivity index (χ2n) is 5.84. The number of carbonyl (C=O) groups excluding carboxylic acids is 1. The fourth-order valence-corrected chi connectivity index (χ4v) is 0.303. The number of aliphatic carboxylic acids is 4. The first kappa shape index (κ1) is 39.6. The Kier molecular flexibility index (Phi) is 29.4. The summed E-state index contributed by atoms with van der Waals surface area (Å²) in [6.07, 6.45) is 0. The third-order valence-electron chi connectivity index (χ3n) is 2.35. The first-order valence-corrected chi connectivity index (χ1v) is 8.51. The van der Waals surface area contributed by atoms with Crippen LogP contribution in [0.3, 0.4) is 0 Å². The van der Waals surface area contributed by atoms with Crippen LogP contribution in [0.25, 0.3) is 0 Å². The van der Waals surface area contributed by atoms with Gasteiger partial charge in [-0.3, -0.25) is 0 Å². The Morgan fingerprint density at radius 3 is 0.818 bits per heavy atom. The van der Waals surface area contributed by atoms with Crippen LogP contribution in [0.5, 0.6) is 0 Å². The molecule has 33 heavy (non-hydrogen) atoms. The van der Waals surface area contributed by atoms with Crippen molar-refractivity contribution in [2.45, 2.75) is 27.7 Å². The molecule has 13 heteroatoms. The molecule has 0 aliphatic carbocycles. The Morgan fingerprint density at radius 1 is 0.636 bits per heavy atom. The van der Waals surface area contributed by atoms with Gasteiger partial charge >= 0.3 is 29.8 Å². The first-order valence-electron chi connectivity index (χ1n) is 8.51.